The first-order chi connectivity index (χ1) is 14.2. The second-order valence-corrected chi connectivity index (χ2v) is 9.88. The lowest BCUT2D eigenvalue weighted by Gasteiger charge is -2.39. The summed E-state index contributed by atoms with van der Waals surface area (Å²) in [6, 6.07) is 3.61. The zero-order valence-corrected chi connectivity index (χ0v) is 19.8. The molecule has 1 unspecified atom stereocenters. The van der Waals surface area contributed by atoms with Crippen LogP contribution in [0.3, 0.4) is 0 Å². The first kappa shape index (κ1) is 24.2. The van der Waals surface area contributed by atoms with Crippen molar-refractivity contribution in [1.82, 2.24) is 9.80 Å². The summed E-state index contributed by atoms with van der Waals surface area (Å²) in [4.78, 5) is 28.0. The summed E-state index contributed by atoms with van der Waals surface area (Å²) in [5.74, 6) is 0. The Morgan fingerprint density at radius 2 is 1.67 bits per heavy atom. The van der Waals surface area contributed by atoms with Crippen molar-refractivity contribution >= 4 is 34.9 Å². The van der Waals surface area contributed by atoms with Gasteiger partial charge in [0.2, 0.25) is 0 Å². The van der Waals surface area contributed by atoms with Gasteiger partial charge in [-0.05, 0) is 72.0 Å². The first-order valence-corrected chi connectivity index (χ1v) is 12.1. The molecule has 2 amide bonds. The van der Waals surface area contributed by atoms with Gasteiger partial charge in [-0.2, -0.15) is 22.7 Å². The lowest BCUT2D eigenvalue weighted by Crippen LogP contribution is -2.53. The van der Waals surface area contributed by atoms with Crippen LogP contribution in [0.2, 0.25) is 0 Å². The zero-order chi connectivity index (χ0) is 22.1. The summed E-state index contributed by atoms with van der Waals surface area (Å²) in [6.07, 6.45) is 1.06. The minimum absolute atomic E-state index is 0.0478. The molecule has 0 bridgehead atoms. The van der Waals surface area contributed by atoms with Crippen molar-refractivity contribution in [2.45, 2.75) is 71.6 Å². The summed E-state index contributed by atoms with van der Waals surface area (Å²) in [6.45, 7) is 8.62. The van der Waals surface area contributed by atoms with Gasteiger partial charge in [-0.25, -0.2) is 9.59 Å². The molecule has 0 saturated carbocycles. The zero-order valence-electron chi connectivity index (χ0n) is 18.2. The van der Waals surface area contributed by atoms with Crippen LogP contribution in [0.4, 0.5) is 9.59 Å². The number of carbonyl (C=O) groups excluding carboxylic acids is 1. The number of unbranched alkanes of at least 4 members (excludes halogenated alkanes) is 1. The number of thiophene rings is 2. The number of amides is 2. The normalized spacial score (nSPS) is 12.4. The molecule has 2 heterocycles. The van der Waals surface area contributed by atoms with E-state index < -0.39 is 17.7 Å². The van der Waals surface area contributed by atoms with Crippen LogP contribution in [-0.4, -0.2) is 45.3 Å². The van der Waals surface area contributed by atoms with E-state index in [0.717, 1.165) is 24.0 Å². The third kappa shape index (κ3) is 7.32. The number of rotatable bonds is 10. The van der Waals surface area contributed by atoms with Gasteiger partial charge in [-0.15, -0.1) is 0 Å². The third-order valence-corrected chi connectivity index (χ3v) is 6.21. The van der Waals surface area contributed by atoms with Gasteiger partial charge in [-0.3, -0.25) is 9.80 Å². The number of ether oxygens (including phenoxy) is 1. The highest BCUT2D eigenvalue weighted by Crippen LogP contribution is 2.22. The van der Waals surface area contributed by atoms with Crippen molar-refractivity contribution < 1.29 is 19.4 Å². The maximum Gasteiger partial charge on any atom is 0.410 e. The Morgan fingerprint density at radius 1 is 1.10 bits per heavy atom. The van der Waals surface area contributed by atoms with E-state index in [-0.39, 0.29) is 12.6 Å². The quantitative estimate of drug-likeness (QED) is 0.460. The van der Waals surface area contributed by atoms with Crippen molar-refractivity contribution in [3.63, 3.8) is 0 Å². The van der Waals surface area contributed by atoms with Crippen molar-refractivity contribution in [3.05, 3.63) is 44.8 Å². The van der Waals surface area contributed by atoms with Crippen LogP contribution in [0.25, 0.3) is 0 Å². The molecule has 1 N–H and O–H groups in total. The maximum atomic E-state index is 13.0. The molecule has 1 atom stereocenters. The number of hydrogen-bond donors (Lipinski definition) is 1. The highest BCUT2D eigenvalue weighted by Gasteiger charge is 2.34. The van der Waals surface area contributed by atoms with E-state index in [2.05, 4.69) is 6.92 Å². The van der Waals surface area contributed by atoms with Gasteiger partial charge in [0.25, 0.3) is 0 Å². The Labute approximate surface area is 187 Å². The number of nitrogens with zero attached hydrogens (tertiary/aromatic N) is 2. The second-order valence-electron chi connectivity index (χ2n) is 8.32. The fourth-order valence-electron chi connectivity index (χ4n) is 3.37. The van der Waals surface area contributed by atoms with Gasteiger partial charge in [0, 0.05) is 5.54 Å². The molecule has 2 aromatic heterocycles. The topological polar surface area (TPSA) is 70.1 Å². The van der Waals surface area contributed by atoms with Crippen LogP contribution in [-0.2, 0) is 17.8 Å². The number of carbonyl (C=O) groups is 2. The summed E-state index contributed by atoms with van der Waals surface area (Å²) >= 11 is 3.18. The molecule has 0 spiro atoms. The van der Waals surface area contributed by atoms with Crippen molar-refractivity contribution in [3.8, 4) is 0 Å². The fraction of sp³-hybridized carbons (Fsp3) is 0.545. The van der Waals surface area contributed by atoms with Crippen molar-refractivity contribution in [2.75, 3.05) is 6.61 Å². The second kappa shape index (κ2) is 11.4. The minimum Gasteiger partial charge on any atom is -0.465 e. The van der Waals surface area contributed by atoms with Gasteiger partial charge in [-0.1, -0.05) is 19.8 Å². The summed E-state index contributed by atoms with van der Waals surface area (Å²) in [5.41, 5.74) is 1.53. The third-order valence-electron chi connectivity index (χ3n) is 4.75. The van der Waals surface area contributed by atoms with E-state index in [1.54, 1.807) is 27.6 Å². The van der Waals surface area contributed by atoms with Crippen LogP contribution in [0.15, 0.2) is 33.7 Å². The average molecular weight is 453 g/mol. The SMILES string of the molecule is CCCCC(COC(=O)N(Cc1ccsc1)Cc1ccsc1)N(C(=O)O)C(C)(C)C. The smallest absolute Gasteiger partial charge is 0.410 e. The van der Waals surface area contributed by atoms with Crippen molar-refractivity contribution in [2.24, 2.45) is 0 Å². The Kier molecular flexibility index (Phi) is 9.17. The highest BCUT2D eigenvalue weighted by atomic mass is 32.1. The Morgan fingerprint density at radius 3 is 2.07 bits per heavy atom. The van der Waals surface area contributed by atoms with Gasteiger partial charge in [0.15, 0.2) is 0 Å². The molecular weight excluding hydrogens is 420 g/mol. The molecule has 8 heteroatoms. The van der Waals surface area contributed by atoms with E-state index in [1.807, 2.05) is 54.4 Å². The summed E-state index contributed by atoms with van der Waals surface area (Å²) in [7, 11) is 0. The van der Waals surface area contributed by atoms with Gasteiger partial charge in [0.1, 0.15) is 6.61 Å². The molecular formula is C22H32N2O4S2. The molecule has 0 radical (unpaired) electrons. The van der Waals surface area contributed by atoms with Crippen LogP contribution in [0.5, 0.6) is 0 Å². The average Bonchev–Trinajstić information content (AvgIpc) is 3.35. The number of hydrogen-bond acceptors (Lipinski definition) is 5. The summed E-state index contributed by atoms with van der Waals surface area (Å²) < 4.78 is 5.68. The molecule has 166 valence electrons. The Hall–Kier alpha value is -2.06. The highest BCUT2D eigenvalue weighted by molar-refractivity contribution is 7.08. The van der Waals surface area contributed by atoms with E-state index >= 15 is 0 Å². The maximum absolute atomic E-state index is 13.0. The molecule has 30 heavy (non-hydrogen) atoms. The van der Waals surface area contributed by atoms with Gasteiger partial charge < -0.3 is 9.84 Å². The van der Waals surface area contributed by atoms with E-state index in [1.165, 1.54) is 4.90 Å². The van der Waals surface area contributed by atoms with E-state index in [9.17, 15) is 14.7 Å². The lowest BCUT2D eigenvalue weighted by molar-refractivity contribution is 0.0242. The molecule has 0 saturated heterocycles. The Balaban J connectivity index is 2.11. The van der Waals surface area contributed by atoms with Crippen LogP contribution >= 0.6 is 22.7 Å². The molecule has 0 aliphatic carbocycles. The first-order valence-electron chi connectivity index (χ1n) is 10.2. The van der Waals surface area contributed by atoms with Gasteiger partial charge in [0.05, 0.1) is 19.1 Å². The predicted molar refractivity (Wildman–Crippen MR) is 122 cm³/mol. The predicted octanol–water partition coefficient (Wildman–Crippen LogP) is 6.29. The van der Waals surface area contributed by atoms with E-state index in [0.29, 0.717) is 19.5 Å². The molecule has 2 aromatic rings. The van der Waals surface area contributed by atoms with Crippen LogP contribution in [0, 0.1) is 0 Å². The number of carboxylic acid groups (broad SMARTS) is 1. The molecule has 0 aliphatic heterocycles. The molecule has 6 nitrogen and oxygen atoms in total. The van der Waals surface area contributed by atoms with E-state index in [4.69, 9.17) is 4.74 Å². The van der Waals surface area contributed by atoms with Crippen LogP contribution < -0.4 is 0 Å². The standard InChI is InChI=1S/C22H32N2O4S2/c1-5-6-7-19(24(20(25)26)22(2,3)4)14-28-21(27)23(12-17-8-10-29-15-17)13-18-9-11-30-16-18/h8-11,15-16,19H,5-7,12-14H2,1-4H3,(H,25,26). The minimum atomic E-state index is -0.993. The molecule has 0 aromatic carbocycles. The molecule has 0 aliphatic rings. The fourth-order valence-corrected chi connectivity index (χ4v) is 4.69. The lowest BCUT2D eigenvalue weighted by atomic mass is 10.0. The Bertz CT molecular complexity index is 733. The van der Waals surface area contributed by atoms with Crippen molar-refractivity contribution in [1.29, 1.82) is 0 Å². The molecule has 2 rings (SSSR count). The monoisotopic (exact) mass is 452 g/mol. The summed E-state index contributed by atoms with van der Waals surface area (Å²) in [5, 5.41) is 17.8. The van der Waals surface area contributed by atoms with Crippen LogP contribution in [0.1, 0.15) is 58.1 Å². The molecule has 0 fully saturated rings. The largest absolute Gasteiger partial charge is 0.465 e. The van der Waals surface area contributed by atoms with Gasteiger partial charge >= 0.3 is 12.2 Å².